The van der Waals surface area contributed by atoms with Crippen LogP contribution in [0.5, 0.6) is 5.75 Å². The second-order valence-electron chi connectivity index (χ2n) is 6.93. The van der Waals surface area contributed by atoms with Crippen molar-refractivity contribution in [3.05, 3.63) is 64.4 Å². The third-order valence-corrected chi connectivity index (χ3v) is 4.63. The van der Waals surface area contributed by atoms with Crippen molar-refractivity contribution in [1.29, 1.82) is 0 Å². The summed E-state index contributed by atoms with van der Waals surface area (Å²) in [6, 6.07) is 14.0. The first-order valence-electron chi connectivity index (χ1n) is 9.26. The van der Waals surface area contributed by atoms with Crippen LogP contribution < -0.4 is 15.6 Å². The molecule has 1 N–H and O–H groups in total. The van der Waals surface area contributed by atoms with E-state index in [1.54, 1.807) is 31.4 Å². The minimum Gasteiger partial charge on any atom is -0.497 e. The first-order valence-corrected chi connectivity index (χ1v) is 9.26. The molecule has 0 aliphatic rings. The van der Waals surface area contributed by atoms with Gasteiger partial charge in [-0.3, -0.25) is 9.59 Å². The Morgan fingerprint density at radius 3 is 2.54 bits per heavy atom. The van der Waals surface area contributed by atoms with Gasteiger partial charge in [-0.2, -0.15) is 4.68 Å². The highest BCUT2D eigenvalue weighted by atomic mass is 16.5. The third-order valence-electron chi connectivity index (χ3n) is 4.63. The fraction of sp³-hybridized carbons (Fsp3) is 0.333. The van der Waals surface area contributed by atoms with Crippen LogP contribution in [0.25, 0.3) is 10.9 Å². The standard InChI is InChI=1S/C21H24N4O3/c1-14(2)19(25-21(27)17-6-4-5-7-18(17)23-24-25)20(26)22-13-12-15-8-10-16(28-3)11-9-15/h4-11,14,19H,12-13H2,1-3H3,(H,22,26). The molecule has 1 heterocycles. The summed E-state index contributed by atoms with van der Waals surface area (Å²) in [7, 11) is 1.62. The maximum absolute atomic E-state index is 12.8. The van der Waals surface area contributed by atoms with Crippen molar-refractivity contribution < 1.29 is 9.53 Å². The number of fused-ring (bicyclic) bond motifs is 1. The zero-order valence-corrected chi connectivity index (χ0v) is 16.3. The van der Waals surface area contributed by atoms with E-state index in [0.29, 0.717) is 23.9 Å². The molecule has 28 heavy (non-hydrogen) atoms. The molecule has 1 amide bonds. The predicted molar refractivity (Wildman–Crippen MR) is 107 cm³/mol. The molecule has 0 spiro atoms. The van der Waals surface area contributed by atoms with E-state index in [4.69, 9.17) is 4.74 Å². The number of aromatic nitrogens is 3. The van der Waals surface area contributed by atoms with E-state index in [2.05, 4.69) is 15.6 Å². The smallest absolute Gasteiger partial charge is 0.278 e. The zero-order chi connectivity index (χ0) is 20.1. The number of nitrogens with one attached hydrogen (secondary N) is 1. The van der Waals surface area contributed by atoms with E-state index in [-0.39, 0.29) is 17.4 Å². The molecular weight excluding hydrogens is 356 g/mol. The number of methoxy groups -OCH3 is 1. The van der Waals surface area contributed by atoms with Gasteiger partial charge in [-0.15, -0.1) is 5.10 Å². The van der Waals surface area contributed by atoms with Crippen LogP contribution in [-0.4, -0.2) is 34.6 Å². The molecule has 1 unspecified atom stereocenters. The van der Waals surface area contributed by atoms with Gasteiger partial charge in [-0.25, -0.2) is 0 Å². The first kappa shape index (κ1) is 19.5. The average molecular weight is 380 g/mol. The summed E-state index contributed by atoms with van der Waals surface area (Å²) < 4.78 is 6.34. The minimum absolute atomic E-state index is 0.117. The molecule has 1 aromatic heterocycles. The van der Waals surface area contributed by atoms with Crippen LogP contribution in [-0.2, 0) is 11.2 Å². The van der Waals surface area contributed by atoms with E-state index in [0.717, 1.165) is 11.3 Å². The average Bonchev–Trinajstić information content (AvgIpc) is 2.70. The van der Waals surface area contributed by atoms with Gasteiger partial charge in [0.15, 0.2) is 0 Å². The zero-order valence-electron chi connectivity index (χ0n) is 16.3. The van der Waals surface area contributed by atoms with Crippen LogP contribution in [0, 0.1) is 5.92 Å². The monoisotopic (exact) mass is 380 g/mol. The Morgan fingerprint density at radius 1 is 1.14 bits per heavy atom. The van der Waals surface area contributed by atoms with Crippen molar-refractivity contribution in [2.75, 3.05) is 13.7 Å². The van der Waals surface area contributed by atoms with Crippen LogP contribution >= 0.6 is 0 Å². The molecule has 0 radical (unpaired) electrons. The van der Waals surface area contributed by atoms with Crippen molar-refractivity contribution in [2.45, 2.75) is 26.3 Å². The molecule has 0 fully saturated rings. The summed E-state index contributed by atoms with van der Waals surface area (Å²) in [6.07, 6.45) is 0.679. The number of carbonyl (C=O) groups is 1. The molecule has 0 saturated carbocycles. The molecule has 1 atom stereocenters. The van der Waals surface area contributed by atoms with Crippen molar-refractivity contribution >= 4 is 16.8 Å². The Balaban J connectivity index is 1.74. The topological polar surface area (TPSA) is 86.1 Å². The van der Waals surface area contributed by atoms with E-state index >= 15 is 0 Å². The number of rotatable bonds is 7. The predicted octanol–water partition coefficient (Wildman–Crippen LogP) is 2.36. The van der Waals surface area contributed by atoms with Gasteiger partial charge in [-0.05, 0) is 42.2 Å². The number of nitrogens with zero attached hydrogens (tertiary/aromatic N) is 3. The molecule has 2 aromatic carbocycles. The first-order chi connectivity index (χ1) is 13.5. The molecule has 7 nitrogen and oxygen atoms in total. The van der Waals surface area contributed by atoms with Crippen molar-refractivity contribution in [3.8, 4) is 5.75 Å². The number of hydrogen-bond acceptors (Lipinski definition) is 5. The number of benzene rings is 2. The van der Waals surface area contributed by atoms with Gasteiger partial charge in [0.05, 0.1) is 12.5 Å². The van der Waals surface area contributed by atoms with Gasteiger partial charge in [-0.1, -0.05) is 43.3 Å². The lowest BCUT2D eigenvalue weighted by molar-refractivity contribution is -0.126. The van der Waals surface area contributed by atoms with Crippen molar-refractivity contribution in [1.82, 2.24) is 20.3 Å². The van der Waals surface area contributed by atoms with Crippen LogP contribution in [0.4, 0.5) is 0 Å². The second-order valence-corrected chi connectivity index (χ2v) is 6.93. The summed E-state index contributed by atoms with van der Waals surface area (Å²) >= 11 is 0. The molecule has 3 aromatic rings. The summed E-state index contributed by atoms with van der Waals surface area (Å²) in [5.41, 5.74) is 1.30. The molecular formula is C21H24N4O3. The van der Waals surface area contributed by atoms with Crippen LogP contribution in [0.2, 0.25) is 0 Å². The van der Waals surface area contributed by atoms with Gasteiger partial charge in [0, 0.05) is 6.54 Å². The Hall–Kier alpha value is -3.22. The van der Waals surface area contributed by atoms with Crippen LogP contribution in [0.1, 0.15) is 25.5 Å². The number of carbonyl (C=O) groups excluding carboxylic acids is 1. The summed E-state index contributed by atoms with van der Waals surface area (Å²) in [6.45, 7) is 4.23. The molecule has 146 valence electrons. The lowest BCUT2D eigenvalue weighted by Crippen LogP contribution is -2.42. The Labute approximate surface area is 163 Å². The molecule has 0 aliphatic carbocycles. The van der Waals surface area contributed by atoms with Gasteiger partial charge >= 0.3 is 0 Å². The Bertz CT molecular complexity index is 1010. The summed E-state index contributed by atoms with van der Waals surface area (Å²) in [5, 5.41) is 11.5. The summed E-state index contributed by atoms with van der Waals surface area (Å²) in [4.78, 5) is 25.6. The highest BCUT2D eigenvalue weighted by Crippen LogP contribution is 2.16. The number of amides is 1. The SMILES string of the molecule is COc1ccc(CCNC(=O)C(C(C)C)n2nnc3ccccc3c2=O)cc1. The number of hydrogen-bond donors (Lipinski definition) is 1. The highest BCUT2D eigenvalue weighted by Gasteiger charge is 2.27. The fourth-order valence-electron chi connectivity index (χ4n) is 3.11. The summed E-state index contributed by atoms with van der Waals surface area (Å²) in [5.74, 6) is 0.436. The van der Waals surface area contributed by atoms with Gasteiger partial charge < -0.3 is 10.1 Å². The lowest BCUT2D eigenvalue weighted by Gasteiger charge is -2.21. The fourth-order valence-corrected chi connectivity index (χ4v) is 3.11. The second kappa shape index (κ2) is 8.65. The van der Waals surface area contributed by atoms with Gasteiger partial charge in [0.2, 0.25) is 5.91 Å². The van der Waals surface area contributed by atoms with Crippen LogP contribution in [0.3, 0.4) is 0 Å². The maximum atomic E-state index is 12.8. The Kier molecular flexibility index (Phi) is 6.03. The van der Waals surface area contributed by atoms with Gasteiger partial charge in [0.1, 0.15) is 17.3 Å². The maximum Gasteiger partial charge on any atom is 0.278 e. The minimum atomic E-state index is -0.722. The number of ether oxygens (including phenoxy) is 1. The van der Waals surface area contributed by atoms with Crippen molar-refractivity contribution in [3.63, 3.8) is 0 Å². The lowest BCUT2D eigenvalue weighted by atomic mass is 10.0. The third kappa shape index (κ3) is 4.19. The quantitative estimate of drug-likeness (QED) is 0.680. The van der Waals surface area contributed by atoms with Gasteiger partial charge in [0.25, 0.3) is 5.56 Å². The molecule has 7 heteroatoms. The van der Waals surface area contributed by atoms with E-state index in [1.807, 2.05) is 38.1 Å². The normalized spacial score (nSPS) is 12.1. The van der Waals surface area contributed by atoms with E-state index in [1.165, 1.54) is 4.68 Å². The Morgan fingerprint density at radius 2 is 1.86 bits per heavy atom. The molecule has 0 bridgehead atoms. The largest absolute Gasteiger partial charge is 0.497 e. The van der Waals surface area contributed by atoms with Crippen LogP contribution in [0.15, 0.2) is 53.3 Å². The van der Waals surface area contributed by atoms with E-state index < -0.39 is 6.04 Å². The van der Waals surface area contributed by atoms with E-state index in [9.17, 15) is 9.59 Å². The molecule has 0 saturated heterocycles. The molecule has 3 rings (SSSR count). The molecule has 0 aliphatic heterocycles. The highest BCUT2D eigenvalue weighted by molar-refractivity contribution is 5.81. The van der Waals surface area contributed by atoms with Crippen molar-refractivity contribution in [2.24, 2.45) is 5.92 Å².